The summed E-state index contributed by atoms with van der Waals surface area (Å²) in [5, 5.41) is 14.5. The summed E-state index contributed by atoms with van der Waals surface area (Å²) in [7, 11) is 1.60. The van der Waals surface area contributed by atoms with E-state index in [4.69, 9.17) is 4.74 Å². The molecule has 2 heterocycles. The fraction of sp³-hybridized carbons (Fsp3) is 0.312. The van der Waals surface area contributed by atoms with Gasteiger partial charge in [0, 0.05) is 5.75 Å². The molecule has 2 aromatic rings. The molecule has 0 saturated heterocycles. The molecule has 27 heavy (non-hydrogen) atoms. The zero-order valence-corrected chi connectivity index (χ0v) is 16.9. The van der Waals surface area contributed by atoms with E-state index in [1.165, 1.54) is 34.9 Å². The lowest BCUT2D eigenvalue weighted by atomic mass is 10.1. The smallest absolute Gasteiger partial charge is 0.236 e. The monoisotopic (exact) mass is 423 g/mol. The Kier molecular flexibility index (Phi) is 7.07. The van der Waals surface area contributed by atoms with Crippen LogP contribution in [-0.2, 0) is 16.0 Å². The van der Waals surface area contributed by atoms with Crippen LogP contribution < -0.4 is 15.4 Å². The lowest BCUT2D eigenvalue weighted by Gasteiger charge is -2.03. The van der Waals surface area contributed by atoms with Gasteiger partial charge in [-0.05, 0) is 17.7 Å². The Morgan fingerprint density at radius 1 is 1.19 bits per heavy atom. The van der Waals surface area contributed by atoms with Gasteiger partial charge in [-0.15, -0.1) is 10.2 Å². The maximum Gasteiger partial charge on any atom is 0.236 e. The normalized spacial score (nSPS) is 13.1. The van der Waals surface area contributed by atoms with Crippen molar-refractivity contribution in [3.63, 3.8) is 0 Å². The highest BCUT2D eigenvalue weighted by atomic mass is 32.2. The Morgan fingerprint density at radius 2 is 2.00 bits per heavy atom. The molecule has 2 amide bonds. The van der Waals surface area contributed by atoms with Gasteiger partial charge in [-0.2, -0.15) is 0 Å². The van der Waals surface area contributed by atoms with Gasteiger partial charge in [0.25, 0.3) is 0 Å². The number of anilines is 1. The van der Waals surface area contributed by atoms with E-state index >= 15 is 0 Å². The van der Waals surface area contributed by atoms with Gasteiger partial charge in [-0.1, -0.05) is 47.0 Å². The van der Waals surface area contributed by atoms with Gasteiger partial charge in [0.05, 0.1) is 25.8 Å². The summed E-state index contributed by atoms with van der Waals surface area (Å²) in [5.74, 6) is 1.55. The van der Waals surface area contributed by atoms with Gasteiger partial charge in [0.1, 0.15) is 5.75 Å². The molecule has 0 unspecified atom stereocenters. The molecule has 8 nitrogen and oxygen atoms in total. The van der Waals surface area contributed by atoms with Crippen molar-refractivity contribution >= 4 is 57.0 Å². The van der Waals surface area contributed by atoms with Crippen LogP contribution in [-0.4, -0.2) is 52.3 Å². The fourth-order valence-electron chi connectivity index (χ4n) is 2.10. The van der Waals surface area contributed by atoms with E-state index in [0.29, 0.717) is 14.6 Å². The third-order valence-electron chi connectivity index (χ3n) is 3.34. The van der Waals surface area contributed by atoms with E-state index in [2.05, 4.69) is 25.8 Å². The molecule has 0 radical (unpaired) electrons. The Balaban J connectivity index is 1.44. The van der Waals surface area contributed by atoms with E-state index in [0.717, 1.165) is 23.6 Å². The fourth-order valence-corrected chi connectivity index (χ4v) is 4.42. The molecule has 0 atom stereocenters. The number of aromatic nitrogens is 2. The number of carbonyl (C=O) groups excluding carboxylic acids is 2. The zero-order valence-electron chi connectivity index (χ0n) is 14.4. The van der Waals surface area contributed by atoms with Crippen LogP contribution in [0.4, 0.5) is 5.13 Å². The number of aliphatic imine (C=N–C) groups is 1. The molecule has 1 aliphatic rings. The molecule has 0 aliphatic carbocycles. The molecule has 1 aromatic carbocycles. The van der Waals surface area contributed by atoms with E-state index in [1.54, 1.807) is 7.11 Å². The topological polar surface area (TPSA) is 106 Å². The third-order valence-corrected chi connectivity index (χ3v) is 6.20. The molecule has 142 valence electrons. The molecule has 1 aromatic heterocycles. The van der Waals surface area contributed by atoms with Crippen LogP contribution in [0, 0.1) is 0 Å². The first kappa shape index (κ1) is 19.6. The highest BCUT2D eigenvalue weighted by molar-refractivity contribution is 8.14. The number of hydrogen-bond acceptors (Lipinski definition) is 9. The average Bonchev–Trinajstić information content (AvgIpc) is 3.32. The number of nitrogens with one attached hydrogen (secondary N) is 2. The van der Waals surface area contributed by atoms with Crippen molar-refractivity contribution in [2.75, 3.05) is 30.5 Å². The van der Waals surface area contributed by atoms with Crippen LogP contribution in [0.3, 0.4) is 0 Å². The number of amidine groups is 1. The van der Waals surface area contributed by atoms with Crippen molar-refractivity contribution in [1.82, 2.24) is 15.5 Å². The second kappa shape index (κ2) is 9.72. The van der Waals surface area contributed by atoms with Gasteiger partial charge in [-0.25, -0.2) is 0 Å². The van der Waals surface area contributed by atoms with Crippen molar-refractivity contribution in [3.05, 3.63) is 29.8 Å². The number of thioether (sulfide) groups is 2. The number of hydrogen-bond donors (Lipinski definition) is 2. The second-order valence-electron chi connectivity index (χ2n) is 5.32. The number of ether oxygens (including phenoxy) is 1. The van der Waals surface area contributed by atoms with E-state index in [1.807, 2.05) is 24.3 Å². The van der Waals surface area contributed by atoms with E-state index < -0.39 is 0 Å². The lowest BCUT2D eigenvalue weighted by molar-refractivity contribution is -0.117. The van der Waals surface area contributed by atoms with Crippen LogP contribution in [0.2, 0.25) is 0 Å². The molecular formula is C16H17N5O3S3. The average molecular weight is 424 g/mol. The van der Waals surface area contributed by atoms with Crippen LogP contribution in [0.25, 0.3) is 0 Å². The molecule has 0 fully saturated rings. The minimum Gasteiger partial charge on any atom is -0.497 e. The predicted octanol–water partition coefficient (Wildman–Crippen LogP) is 2.04. The highest BCUT2D eigenvalue weighted by Crippen LogP contribution is 2.25. The molecule has 2 N–H and O–H groups in total. The van der Waals surface area contributed by atoms with Crippen LogP contribution >= 0.6 is 34.9 Å². The van der Waals surface area contributed by atoms with Gasteiger partial charge < -0.3 is 15.4 Å². The highest BCUT2D eigenvalue weighted by Gasteiger charge is 2.13. The maximum atomic E-state index is 12.1. The van der Waals surface area contributed by atoms with Crippen LogP contribution in [0.15, 0.2) is 33.6 Å². The van der Waals surface area contributed by atoms with Crippen molar-refractivity contribution in [1.29, 1.82) is 0 Å². The maximum absolute atomic E-state index is 12.1. The van der Waals surface area contributed by atoms with Crippen molar-refractivity contribution in [2.45, 2.75) is 10.8 Å². The first-order valence-electron chi connectivity index (χ1n) is 7.98. The number of benzene rings is 1. The number of carbonyl (C=O) groups is 2. The molecule has 3 rings (SSSR count). The molecule has 0 saturated carbocycles. The number of amides is 2. The Labute approximate surface area is 168 Å². The van der Waals surface area contributed by atoms with Crippen molar-refractivity contribution in [3.8, 4) is 5.75 Å². The van der Waals surface area contributed by atoms with Crippen molar-refractivity contribution < 1.29 is 14.3 Å². The Hall–Kier alpha value is -2.11. The molecule has 0 bridgehead atoms. The third kappa shape index (κ3) is 6.22. The SMILES string of the molecule is COc1ccc(CC(=O)Nc2nnc(SCC(=O)NC3=NCCS3)s2)cc1. The first-order valence-corrected chi connectivity index (χ1v) is 10.8. The summed E-state index contributed by atoms with van der Waals surface area (Å²) in [6.07, 6.45) is 0.230. The summed E-state index contributed by atoms with van der Waals surface area (Å²) in [5.41, 5.74) is 0.872. The molecule has 0 spiro atoms. The Morgan fingerprint density at radius 3 is 2.70 bits per heavy atom. The van der Waals surface area contributed by atoms with E-state index in [9.17, 15) is 9.59 Å². The second-order valence-corrected chi connectivity index (χ2v) is 8.60. The van der Waals surface area contributed by atoms with Gasteiger partial charge >= 0.3 is 0 Å². The van der Waals surface area contributed by atoms with Gasteiger partial charge in [0.2, 0.25) is 16.9 Å². The summed E-state index contributed by atoms with van der Waals surface area (Å²) in [4.78, 5) is 28.1. The van der Waals surface area contributed by atoms with Gasteiger partial charge in [0.15, 0.2) is 9.51 Å². The minimum atomic E-state index is -0.179. The minimum absolute atomic E-state index is 0.131. The number of methoxy groups -OCH3 is 1. The molecular weight excluding hydrogens is 406 g/mol. The molecule has 11 heteroatoms. The zero-order chi connectivity index (χ0) is 19.1. The lowest BCUT2D eigenvalue weighted by Crippen LogP contribution is -2.28. The summed E-state index contributed by atoms with van der Waals surface area (Å²) in [6, 6.07) is 7.29. The Bertz CT molecular complexity index is 838. The summed E-state index contributed by atoms with van der Waals surface area (Å²) < 4.78 is 5.71. The van der Waals surface area contributed by atoms with Crippen LogP contribution in [0.1, 0.15) is 5.56 Å². The van der Waals surface area contributed by atoms with Crippen LogP contribution in [0.5, 0.6) is 5.75 Å². The number of rotatable bonds is 7. The molecule has 1 aliphatic heterocycles. The van der Waals surface area contributed by atoms with E-state index in [-0.39, 0.29) is 24.0 Å². The predicted molar refractivity (Wildman–Crippen MR) is 109 cm³/mol. The largest absolute Gasteiger partial charge is 0.497 e. The quantitative estimate of drug-likeness (QED) is 0.518. The van der Waals surface area contributed by atoms with Crippen molar-refractivity contribution in [2.24, 2.45) is 4.99 Å². The van der Waals surface area contributed by atoms with Gasteiger partial charge in [-0.3, -0.25) is 14.6 Å². The summed E-state index contributed by atoms with van der Waals surface area (Å²) >= 11 is 4.04. The first-order chi connectivity index (χ1) is 13.1. The number of nitrogens with zero attached hydrogens (tertiary/aromatic N) is 3. The standard InChI is InChI=1S/C16H17N5O3S3/c1-24-11-4-2-10(3-5-11)8-12(22)18-15-20-21-16(27-15)26-9-13(23)19-14-17-6-7-25-14/h2-5H,6-9H2,1H3,(H,17,19,23)(H,18,20,22). The summed E-state index contributed by atoms with van der Waals surface area (Å²) in [6.45, 7) is 0.739.